The third kappa shape index (κ3) is 6.11. The van der Waals surface area contributed by atoms with Crippen LogP contribution in [0.5, 0.6) is 0 Å². The fourth-order valence-corrected chi connectivity index (χ4v) is 2.28. The van der Waals surface area contributed by atoms with Crippen LogP contribution in [0.25, 0.3) is 0 Å². The number of carbonyl (C=O) groups excluding carboxylic acids is 1. The van der Waals surface area contributed by atoms with E-state index in [0.717, 1.165) is 18.4 Å². The Morgan fingerprint density at radius 2 is 1.95 bits per heavy atom. The highest BCUT2D eigenvalue weighted by Gasteiger charge is 2.08. The van der Waals surface area contributed by atoms with Crippen LogP contribution in [0.1, 0.15) is 55.5 Å². The highest BCUT2D eigenvalue weighted by Crippen LogP contribution is 2.26. The maximum Gasteiger partial charge on any atom is 0.305 e. The van der Waals surface area contributed by atoms with Crippen molar-refractivity contribution >= 4 is 17.6 Å². The smallest absolute Gasteiger partial charge is 0.305 e. The molecule has 3 heteroatoms. The Kier molecular flexibility index (Phi) is 7.57. The van der Waals surface area contributed by atoms with Gasteiger partial charge in [0.1, 0.15) is 0 Å². The maximum absolute atomic E-state index is 11.1. The average Bonchev–Trinajstić information content (AvgIpc) is 2.45. The van der Waals surface area contributed by atoms with Crippen LogP contribution in [-0.2, 0) is 16.0 Å². The van der Waals surface area contributed by atoms with Crippen molar-refractivity contribution in [3.8, 4) is 0 Å². The minimum absolute atomic E-state index is 0.0983. The molecular formula is C16H23ClO2. The number of hydrogen-bond donors (Lipinski definition) is 0. The molecule has 0 radical (unpaired) electrons. The number of hydrogen-bond acceptors (Lipinski definition) is 2. The summed E-state index contributed by atoms with van der Waals surface area (Å²) in [7, 11) is 1.42. The fraction of sp³-hybridized carbons (Fsp3) is 0.562. The molecule has 1 aromatic carbocycles. The molecule has 19 heavy (non-hydrogen) atoms. The van der Waals surface area contributed by atoms with Crippen LogP contribution in [0.4, 0.5) is 0 Å². The summed E-state index contributed by atoms with van der Waals surface area (Å²) in [5, 5.41) is 0.0983. The van der Waals surface area contributed by atoms with Crippen molar-refractivity contribution in [1.29, 1.82) is 0 Å². The molecule has 106 valence electrons. The van der Waals surface area contributed by atoms with E-state index < -0.39 is 0 Å². The minimum Gasteiger partial charge on any atom is -0.469 e. The molecular weight excluding hydrogens is 260 g/mol. The molecule has 1 atom stereocenters. The first-order chi connectivity index (χ1) is 9.17. The van der Waals surface area contributed by atoms with Crippen LogP contribution in [0.3, 0.4) is 0 Å². The fourth-order valence-electron chi connectivity index (χ4n) is 1.98. The number of unbranched alkanes of at least 4 members (excludes halogenated alkanes) is 2. The molecule has 1 rings (SSSR count). The van der Waals surface area contributed by atoms with Crippen LogP contribution in [0.15, 0.2) is 24.3 Å². The lowest BCUT2D eigenvalue weighted by atomic mass is 10.0. The number of aryl methyl sites for hydroxylation is 1. The standard InChI is InChI=1S/C16H23ClO2/c1-3-4-5-6-15(17)14-10-7-13(8-11-14)9-12-16(18)19-2/h7-8,10-11,15H,3-6,9,12H2,1-2H3. The Morgan fingerprint density at radius 3 is 2.53 bits per heavy atom. The molecule has 0 saturated carbocycles. The topological polar surface area (TPSA) is 26.3 Å². The maximum atomic E-state index is 11.1. The van der Waals surface area contributed by atoms with Crippen molar-refractivity contribution in [3.63, 3.8) is 0 Å². The van der Waals surface area contributed by atoms with Gasteiger partial charge in [0.25, 0.3) is 0 Å². The van der Waals surface area contributed by atoms with Gasteiger partial charge < -0.3 is 4.74 Å². The van der Waals surface area contributed by atoms with Crippen molar-refractivity contribution < 1.29 is 9.53 Å². The van der Waals surface area contributed by atoms with Crippen LogP contribution in [0.2, 0.25) is 0 Å². The second kappa shape index (κ2) is 8.98. The molecule has 0 aliphatic carbocycles. The first-order valence-corrected chi connectivity index (χ1v) is 7.40. The van der Waals surface area contributed by atoms with E-state index in [0.29, 0.717) is 6.42 Å². The van der Waals surface area contributed by atoms with E-state index in [4.69, 9.17) is 11.6 Å². The summed E-state index contributed by atoms with van der Waals surface area (Å²) in [6.45, 7) is 2.19. The molecule has 1 aromatic rings. The third-order valence-corrected chi connectivity index (χ3v) is 3.72. The number of benzene rings is 1. The number of halogens is 1. The third-order valence-electron chi connectivity index (χ3n) is 3.25. The predicted octanol–water partition coefficient (Wildman–Crippen LogP) is 4.65. The molecule has 0 N–H and O–H groups in total. The Bertz CT molecular complexity index is 373. The molecule has 0 amide bonds. The lowest BCUT2D eigenvalue weighted by molar-refractivity contribution is -0.140. The number of esters is 1. The van der Waals surface area contributed by atoms with E-state index in [2.05, 4.69) is 23.8 Å². The van der Waals surface area contributed by atoms with Crippen molar-refractivity contribution in [2.24, 2.45) is 0 Å². The van der Waals surface area contributed by atoms with E-state index in [1.165, 1.54) is 31.9 Å². The SMILES string of the molecule is CCCCCC(Cl)c1ccc(CCC(=O)OC)cc1. The van der Waals surface area contributed by atoms with Gasteiger partial charge in [-0.3, -0.25) is 4.79 Å². The zero-order chi connectivity index (χ0) is 14.1. The molecule has 0 fully saturated rings. The number of ether oxygens (including phenoxy) is 1. The summed E-state index contributed by atoms with van der Waals surface area (Å²) in [4.78, 5) is 11.1. The minimum atomic E-state index is -0.168. The van der Waals surface area contributed by atoms with Gasteiger partial charge in [0.15, 0.2) is 0 Å². The number of rotatable bonds is 8. The van der Waals surface area contributed by atoms with Crippen LogP contribution in [-0.4, -0.2) is 13.1 Å². The summed E-state index contributed by atoms with van der Waals surface area (Å²) in [6.07, 6.45) is 5.80. The molecule has 1 unspecified atom stereocenters. The van der Waals surface area contributed by atoms with Crippen LogP contribution >= 0.6 is 11.6 Å². The van der Waals surface area contributed by atoms with Crippen molar-refractivity contribution in [1.82, 2.24) is 0 Å². The Hall–Kier alpha value is -1.02. The van der Waals surface area contributed by atoms with Gasteiger partial charge in [-0.2, -0.15) is 0 Å². The van der Waals surface area contributed by atoms with Crippen LogP contribution in [0, 0.1) is 0 Å². The highest BCUT2D eigenvalue weighted by molar-refractivity contribution is 6.20. The largest absolute Gasteiger partial charge is 0.469 e. The van der Waals surface area contributed by atoms with E-state index in [1.54, 1.807) is 0 Å². The summed E-state index contributed by atoms with van der Waals surface area (Å²) in [6, 6.07) is 8.23. The molecule has 0 aromatic heterocycles. The lowest BCUT2D eigenvalue weighted by Gasteiger charge is -2.10. The van der Waals surface area contributed by atoms with Gasteiger partial charge in [-0.25, -0.2) is 0 Å². The van der Waals surface area contributed by atoms with Crippen LogP contribution < -0.4 is 0 Å². The quantitative estimate of drug-likeness (QED) is 0.394. The second-order valence-electron chi connectivity index (χ2n) is 4.78. The Labute approximate surface area is 121 Å². The summed E-state index contributed by atoms with van der Waals surface area (Å²) in [5.41, 5.74) is 2.31. The van der Waals surface area contributed by atoms with Crippen molar-refractivity contribution in [3.05, 3.63) is 35.4 Å². The monoisotopic (exact) mass is 282 g/mol. The lowest BCUT2D eigenvalue weighted by Crippen LogP contribution is -2.02. The van der Waals surface area contributed by atoms with Crippen molar-refractivity contribution in [2.75, 3.05) is 7.11 Å². The highest BCUT2D eigenvalue weighted by atomic mass is 35.5. The zero-order valence-corrected chi connectivity index (χ0v) is 12.6. The summed E-state index contributed by atoms with van der Waals surface area (Å²) >= 11 is 6.37. The molecule has 0 aliphatic heterocycles. The van der Waals surface area contributed by atoms with E-state index >= 15 is 0 Å². The van der Waals surface area contributed by atoms with Gasteiger partial charge in [0, 0.05) is 6.42 Å². The Balaban J connectivity index is 2.44. The van der Waals surface area contributed by atoms with Gasteiger partial charge >= 0.3 is 5.97 Å². The van der Waals surface area contributed by atoms with Gasteiger partial charge in [-0.15, -0.1) is 11.6 Å². The Morgan fingerprint density at radius 1 is 1.26 bits per heavy atom. The van der Waals surface area contributed by atoms with Gasteiger partial charge in [-0.05, 0) is 24.0 Å². The molecule has 0 saturated heterocycles. The van der Waals surface area contributed by atoms with Gasteiger partial charge in [-0.1, -0.05) is 50.5 Å². The van der Waals surface area contributed by atoms with Gasteiger partial charge in [0.05, 0.1) is 12.5 Å². The summed E-state index contributed by atoms with van der Waals surface area (Å²) < 4.78 is 4.63. The normalized spacial score (nSPS) is 12.2. The summed E-state index contributed by atoms with van der Waals surface area (Å²) in [5.74, 6) is -0.168. The van der Waals surface area contributed by atoms with Gasteiger partial charge in [0.2, 0.25) is 0 Å². The zero-order valence-electron chi connectivity index (χ0n) is 11.8. The first-order valence-electron chi connectivity index (χ1n) is 6.97. The molecule has 0 heterocycles. The molecule has 0 bridgehead atoms. The molecule has 2 nitrogen and oxygen atoms in total. The second-order valence-corrected chi connectivity index (χ2v) is 5.31. The number of alkyl halides is 1. The van der Waals surface area contributed by atoms with Crippen molar-refractivity contribution in [2.45, 2.75) is 50.8 Å². The predicted molar refractivity (Wildman–Crippen MR) is 79.5 cm³/mol. The first kappa shape index (κ1) is 16.0. The van der Waals surface area contributed by atoms with E-state index in [-0.39, 0.29) is 11.3 Å². The molecule has 0 spiro atoms. The average molecular weight is 283 g/mol. The van der Waals surface area contributed by atoms with E-state index in [1.807, 2.05) is 12.1 Å². The molecule has 0 aliphatic rings. The van der Waals surface area contributed by atoms with E-state index in [9.17, 15) is 4.79 Å². The number of methoxy groups -OCH3 is 1. The number of carbonyl (C=O) groups is 1.